The molecule has 0 aromatic heterocycles. The van der Waals surface area contributed by atoms with Crippen molar-refractivity contribution in [3.05, 3.63) is 35.4 Å². The first kappa shape index (κ1) is 13.9. The summed E-state index contributed by atoms with van der Waals surface area (Å²) in [6.07, 6.45) is 2.39. The van der Waals surface area contributed by atoms with E-state index in [4.69, 9.17) is 5.73 Å². The monoisotopic (exact) mass is 264 g/mol. The molecule has 1 aliphatic heterocycles. The topological polar surface area (TPSA) is 29.3 Å². The van der Waals surface area contributed by atoms with Crippen molar-refractivity contribution in [3.8, 4) is 0 Å². The van der Waals surface area contributed by atoms with Gasteiger partial charge in [0.1, 0.15) is 0 Å². The lowest BCUT2D eigenvalue weighted by Crippen LogP contribution is -2.35. The molecule has 1 aliphatic rings. The molecule has 0 amide bonds. The molecular weight excluding hydrogens is 240 g/mol. The Hall–Kier alpha value is -0.510. The summed E-state index contributed by atoms with van der Waals surface area (Å²) in [5.74, 6) is 2.53. The maximum atomic E-state index is 6.01. The van der Waals surface area contributed by atoms with Gasteiger partial charge < -0.3 is 5.73 Å². The van der Waals surface area contributed by atoms with Crippen LogP contribution in [0, 0.1) is 0 Å². The Kier molecular flexibility index (Phi) is 5.54. The molecule has 2 N–H and O–H groups in total. The summed E-state index contributed by atoms with van der Waals surface area (Å²) < 4.78 is 0. The van der Waals surface area contributed by atoms with Gasteiger partial charge in [0.15, 0.2) is 0 Å². The fourth-order valence-corrected chi connectivity index (χ4v) is 3.45. The van der Waals surface area contributed by atoms with E-state index >= 15 is 0 Å². The average molecular weight is 264 g/mol. The highest BCUT2D eigenvalue weighted by molar-refractivity contribution is 7.99. The van der Waals surface area contributed by atoms with E-state index in [0.717, 1.165) is 13.0 Å². The molecule has 100 valence electrons. The number of rotatable bonds is 4. The zero-order valence-corrected chi connectivity index (χ0v) is 12.1. The third kappa shape index (κ3) is 3.50. The summed E-state index contributed by atoms with van der Waals surface area (Å²) in [4.78, 5) is 2.56. The molecule has 2 nitrogen and oxygen atoms in total. The van der Waals surface area contributed by atoms with Crippen LogP contribution in [0.1, 0.15) is 30.5 Å². The minimum Gasteiger partial charge on any atom is -0.329 e. The van der Waals surface area contributed by atoms with Crippen LogP contribution in [0.15, 0.2) is 24.3 Å². The minimum absolute atomic E-state index is 0.398. The highest BCUT2D eigenvalue weighted by Crippen LogP contribution is 2.23. The second kappa shape index (κ2) is 7.17. The number of nitrogens with two attached hydrogens (primary N) is 1. The normalized spacial score (nSPS) is 19.4. The van der Waals surface area contributed by atoms with Crippen molar-refractivity contribution >= 4 is 11.8 Å². The summed E-state index contributed by atoms with van der Waals surface area (Å²) >= 11 is 2.07. The van der Waals surface area contributed by atoms with Gasteiger partial charge in [-0.1, -0.05) is 31.2 Å². The van der Waals surface area contributed by atoms with Crippen LogP contribution in [-0.4, -0.2) is 36.0 Å². The summed E-state index contributed by atoms with van der Waals surface area (Å²) in [7, 11) is 0. The number of nitrogens with zero attached hydrogens (tertiary/aromatic N) is 1. The Morgan fingerprint density at radius 1 is 1.22 bits per heavy atom. The van der Waals surface area contributed by atoms with E-state index in [9.17, 15) is 0 Å². The van der Waals surface area contributed by atoms with Crippen molar-refractivity contribution < 1.29 is 0 Å². The average Bonchev–Trinajstić information content (AvgIpc) is 2.70. The summed E-state index contributed by atoms with van der Waals surface area (Å²) in [6, 6.07) is 9.40. The first-order valence-corrected chi connectivity index (χ1v) is 8.11. The molecule has 1 fully saturated rings. The van der Waals surface area contributed by atoms with Crippen molar-refractivity contribution in [2.24, 2.45) is 5.73 Å². The van der Waals surface area contributed by atoms with Gasteiger partial charge in [-0.3, -0.25) is 4.90 Å². The quantitative estimate of drug-likeness (QED) is 0.906. The molecule has 0 aliphatic carbocycles. The van der Waals surface area contributed by atoms with Crippen molar-refractivity contribution in [2.45, 2.75) is 25.8 Å². The zero-order chi connectivity index (χ0) is 12.8. The molecule has 1 aromatic carbocycles. The standard InChI is InChI=1S/C15H24N2S/c1-2-13-4-6-14(7-5-13)15(12-16)17-8-3-10-18-11-9-17/h4-7,15H,2-3,8-12,16H2,1H3. The predicted octanol–water partition coefficient (Wildman–Crippen LogP) is 2.69. The van der Waals surface area contributed by atoms with Crippen LogP contribution >= 0.6 is 11.8 Å². The SMILES string of the molecule is CCc1ccc(C(CN)N2CCCSCC2)cc1. The van der Waals surface area contributed by atoms with Gasteiger partial charge in [-0.2, -0.15) is 11.8 Å². The number of aryl methyl sites for hydroxylation is 1. The molecule has 18 heavy (non-hydrogen) atoms. The van der Waals surface area contributed by atoms with Crippen molar-refractivity contribution in [2.75, 3.05) is 31.1 Å². The van der Waals surface area contributed by atoms with Crippen LogP contribution in [0.4, 0.5) is 0 Å². The van der Waals surface area contributed by atoms with Crippen LogP contribution in [0.5, 0.6) is 0 Å². The number of hydrogen-bond acceptors (Lipinski definition) is 3. The first-order valence-electron chi connectivity index (χ1n) is 6.96. The Morgan fingerprint density at radius 2 is 2.00 bits per heavy atom. The largest absolute Gasteiger partial charge is 0.329 e. The van der Waals surface area contributed by atoms with E-state index in [1.54, 1.807) is 0 Å². The molecule has 1 aromatic rings. The van der Waals surface area contributed by atoms with Crippen molar-refractivity contribution in [3.63, 3.8) is 0 Å². The summed E-state index contributed by atoms with van der Waals surface area (Å²) in [5, 5.41) is 0. The highest BCUT2D eigenvalue weighted by atomic mass is 32.2. The molecule has 0 bridgehead atoms. The number of thioether (sulfide) groups is 1. The smallest absolute Gasteiger partial charge is 0.0470 e. The van der Waals surface area contributed by atoms with E-state index in [2.05, 4.69) is 47.9 Å². The lowest BCUT2D eigenvalue weighted by Gasteiger charge is -2.29. The van der Waals surface area contributed by atoms with E-state index in [1.807, 2.05) is 0 Å². The van der Waals surface area contributed by atoms with Crippen molar-refractivity contribution in [1.82, 2.24) is 4.90 Å². The van der Waals surface area contributed by atoms with E-state index in [-0.39, 0.29) is 0 Å². The molecule has 2 rings (SSSR count). The van der Waals surface area contributed by atoms with Gasteiger partial charge in [-0.05, 0) is 36.3 Å². The second-order valence-corrected chi connectivity index (χ2v) is 6.07. The minimum atomic E-state index is 0.398. The van der Waals surface area contributed by atoms with E-state index in [0.29, 0.717) is 6.04 Å². The summed E-state index contributed by atoms with van der Waals surface area (Å²) in [5.41, 5.74) is 8.79. The number of benzene rings is 1. The summed E-state index contributed by atoms with van der Waals surface area (Å²) in [6.45, 7) is 5.27. The van der Waals surface area contributed by atoms with E-state index in [1.165, 1.54) is 42.1 Å². The van der Waals surface area contributed by atoms with Gasteiger partial charge in [0.2, 0.25) is 0 Å². The van der Waals surface area contributed by atoms with Crippen LogP contribution in [-0.2, 0) is 6.42 Å². The van der Waals surface area contributed by atoms with Gasteiger partial charge in [0.05, 0.1) is 0 Å². The fraction of sp³-hybridized carbons (Fsp3) is 0.600. The molecular formula is C15H24N2S. The molecule has 1 atom stereocenters. The molecule has 0 spiro atoms. The second-order valence-electron chi connectivity index (χ2n) is 4.85. The molecule has 1 saturated heterocycles. The Balaban J connectivity index is 2.10. The third-order valence-corrected chi connectivity index (χ3v) is 4.74. The van der Waals surface area contributed by atoms with Gasteiger partial charge in [0.25, 0.3) is 0 Å². The van der Waals surface area contributed by atoms with E-state index < -0.39 is 0 Å². The number of hydrogen-bond donors (Lipinski definition) is 1. The molecule has 0 radical (unpaired) electrons. The van der Waals surface area contributed by atoms with Crippen LogP contribution in [0.25, 0.3) is 0 Å². The molecule has 1 unspecified atom stereocenters. The maximum absolute atomic E-state index is 6.01. The fourth-order valence-electron chi connectivity index (χ4n) is 2.55. The molecule has 3 heteroatoms. The lowest BCUT2D eigenvalue weighted by molar-refractivity contribution is 0.218. The zero-order valence-electron chi connectivity index (χ0n) is 11.3. The third-order valence-electron chi connectivity index (χ3n) is 3.69. The van der Waals surface area contributed by atoms with Gasteiger partial charge in [-0.15, -0.1) is 0 Å². The van der Waals surface area contributed by atoms with Crippen molar-refractivity contribution in [1.29, 1.82) is 0 Å². The first-order chi connectivity index (χ1) is 8.85. The van der Waals surface area contributed by atoms with Crippen LogP contribution < -0.4 is 5.73 Å². The Bertz CT molecular complexity index is 342. The molecule has 0 saturated carbocycles. The van der Waals surface area contributed by atoms with Gasteiger partial charge in [0, 0.05) is 24.9 Å². The van der Waals surface area contributed by atoms with Gasteiger partial charge in [-0.25, -0.2) is 0 Å². The Morgan fingerprint density at radius 3 is 2.67 bits per heavy atom. The lowest BCUT2D eigenvalue weighted by atomic mass is 10.0. The highest BCUT2D eigenvalue weighted by Gasteiger charge is 2.19. The van der Waals surface area contributed by atoms with Crippen LogP contribution in [0.3, 0.4) is 0 Å². The Labute approximate surface area is 115 Å². The van der Waals surface area contributed by atoms with Gasteiger partial charge >= 0.3 is 0 Å². The van der Waals surface area contributed by atoms with Crippen LogP contribution in [0.2, 0.25) is 0 Å². The predicted molar refractivity (Wildman–Crippen MR) is 81.1 cm³/mol. The molecule has 1 heterocycles. The maximum Gasteiger partial charge on any atom is 0.0470 e.